The van der Waals surface area contributed by atoms with Crippen LogP contribution in [0.4, 0.5) is 0 Å². The summed E-state index contributed by atoms with van der Waals surface area (Å²) in [6.45, 7) is -0.259. The largest absolute Gasteiger partial charge is 0.480 e. The van der Waals surface area contributed by atoms with E-state index in [1.54, 1.807) is 30.3 Å². The van der Waals surface area contributed by atoms with E-state index >= 15 is 0 Å². The lowest BCUT2D eigenvalue weighted by atomic mass is 10.3. The normalized spacial score (nSPS) is 11.1. The van der Waals surface area contributed by atoms with Crippen molar-refractivity contribution in [2.45, 2.75) is 0 Å². The van der Waals surface area contributed by atoms with Crippen molar-refractivity contribution in [3.8, 4) is 5.88 Å². The second kappa shape index (κ2) is 7.51. The first-order valence-electron chi connectivity index (χ1n) is 6.22. The van der Waals surface area contributed by atoms with Gasteiger partial charge in [0, 0.05) is 6.20 Å². The van der Waals surface area contributed by atoms with E-state index < -0.39 is 0 Å². The molecule has 0 aliphatic rings. The van der Waals surface area contributed by atoms with Gasteiger partial charge in [0.05, 0.1) is 11.6 Å². The average Bonchev–Trinajstić information content (AvgIpc) is 2.55. The Bertz CT molecular complexity index is 692. The van der Waals surface area contributed by atoms with Crippen LogP contribution in [-0.2, 0) is 4.84 Å². The van der Waals surface area contributed by atoms with E-state index in [9.17, 15) is 4.79 Å². The Morgan fingerprint density at radius 3 is 2.82 bits per heavy atom. The fourth-order valence-corrected chi connectivity index (χ4v) is 1.90. The van der Waals surface area contributed by atoms with Crippen molar-refractivity contribution in [1.82, 2.24) is 9.97 Å². The molecule has 7 nitrogen and oxygen atoms in total. The Hall–Kier alpha value is -2.48. The molecule has 0 aromatic carbocycles. The molecule has 114 valence electrons. The monoisotopic (exact) mass is 364 g/mol. The van der Waals surface area contributed by atoms with E-state index in [1.807, 2.05) is 0 Å². The number of hydrogen-bond acceptors (Lipinski definition) is 6. The number of nitrogens with zero attached hydrogens (tertiary/aromatic N) is 3. The van der Waals surface area contributed by atoms with Gasteiger partial charge in [-0.3, -0.25) is 9.78 Å². The van der Waals surface area contributed by atoms with Gasteiger partial charge >= 0.3 is 0 Å². The number of ether oxygens (including phenoxy) is 1. The first-order chi connectivity index (χ1) is 10.6. The van der Waals surface area contributed by atoms with Gasteiger partial charge in [0.1, 0.15) is 11.4 Å². The van der Waals surface area contributed by atoms with E-state index in [2.05, 4.69) is 31.1 Å². The predicted molar refractivity (Wildman–Crippen MR) is 83.7 cm³/mol. The van der Waals surface area contributed by atoms with Crippen molar-refractivity contribution in [2.75, 3.05) is 13.7 Å². The van der Waals surface area contributed by atoms with Crippen molar-refractivity contribution >= 4 is 27.5 Å². The Kier molecular flexibility index (Phi) is 5.42. The Morgan fingerprint density at radius 1 is 1.32 bits per heavy atom. The Balaban J connectivity index is 2.00. The molecule has 0 atom stereocenters. The fraction of sp³-hybridized carbons (Fsp3) is 0.143. The number of Topliss-reactive ketones (excluding diaryl/α,β-unsaturated/α-hetero) is 1. The summed E-state index contributed by atoms with van der Waals surface area (Å²) in [5.74, 6) is 0.123. The maximum atomic E-state index is 11.8. The van der Waals surface area contributed by atoms with Crippen molar-refractivity contribution < 1.29 is 14.4 Å². The molecular weight excluding hydrogens is 352 g/mol. The quantitative estimate of drug-likeness (QED) is 0.363. The summed E-state index contributed by atoms with van der Waals surface area (Å²) in [4.78, 5) is 24.8. The van der Waals surface area contributed by atoms with Crippen LogP contribution >= 0.6 is 15.9 Å². The minimum absolute atomic E-state index is 0.0413. The number of carbonyl (C=O) groups excluding carboxylic acids is 1. The van der Waals surface area contributed by atoms with E-state index in [-0.39, 0.29) is 18.2 Å². The third-order valence-corrected chi connectivity index (χ3v) is 3.18. The highest BCUT2D eigenvalue weighted by Crippen LogP contribution is 2.21. The molecule has 0 aliphatic heterocycles. The summed E-state index contributed by atoms with van der Waals surface area (Å²) in [6.07, 6.45) is 1.53. The van der Waals surface area contributed by atoms with Crippen LogP contribution in [-0.4, -0.2) is 35.3 Å². The van der Waals surface area contributed by atoms with Gasteiger partial charge in [-0.05, 0) is 40.2 Å². The van der Waals surface area contributed by atoms with Crippen LogP contribution in [0.25, 0.3) is 0 Å². The first kappa shape index (κ1) is 15.9. The van der Waals surface area contributed by atoms with Crippen molar-refractivity contribution in [1.29, 1.82) is 0 Å². The van der Waals surface area contributed by atoms with Gasteiger partial charge in [-0.15, -0.1) is 0 Å². The van der Waals surface area contributed by atoms with Crippen molar-refractivity contribution in [2.24, 2.45) is 10.9 Å². The van der Waals surface area contributed by atoms with Gasteiger partial charge in [-0.1, -0.05) is 11.2 Å². The second-order valence-electron chi connectivity index (χ2n) is 4.08. The van der Waals surface area contributed by atoms with E-state index in [0.29, 0.717) is 21.7 Å². The van der Waals surface area contributed by atoms with Crippen LogP contribution in [0.5, 0.6) is 5.88 Å². The van der Waals surface area contributed by atoms with Crippen molar-refractivity contribution in [3.05, 3.63) is 52.4 Å². The number of aromatic nitrogens is 2. The molecule has 0 unspecified atom stereocenters. The summed E-state index contributed by atoms with van der Waals surface area (Å²) in [7, 11) is 1.49. The van der Waals surface area contributed by atoms with Gasteiger partial charge in [0.25, 0.3) is 0 Å². The highest BCUT2D eigenvalue weighted by atomic mass is 79.9. The number of rotatable bonds is 6. The van der Waals surface area contributed by atoms with Gasteiger partial charge < -0.3 is 15.3 Å². The average molecular weight is 365 g/mol. The molecule has 0 aliphatic carbocycles. The molecule has 2 aromatic heterocycles. The molecule has 2 aromatic rings. The maximum absolute atomic E-state index is 11.8. The van der Waals surface area contributed by atoms with Crippen LogP contribution in [0.3, 0.4) is 0 Å². The molecule has 22 heavy (non-hydrogen) atoms. The van der Waals surface area contributed by atoms with E-state index in [1.165, 1.54) is 13.3 Å². The molecule has 0 spiro atoms. The molecule has 0 bridgehead atoms. The van der Waals surface area contributed by atoms with Crippen LogP contribution in [0.2, 0.25) is 0 Å². The summed E-state index contributed by atoms with van der Waals surface area (Å²) in [5, 5.41) is 3.68. The molecular formula is C14H13BrN4O3. The molecule has 0 radical (unpaired) electrons. The maximum Gasteiger partial charge on any atom is 0.228 e. The Morgan fingerprint density at radius 2 is 2.14 bits per heavy atom. The first-order valence-corrected chi connectivity index (χ1v) is 7.01. The smallest absolute Gasteiger partial charge is 0.228 e. The minimum atomic E-state index is -0.293. The van der Waals surface area contributed by atoms with E-state index in [0.717, 1.165) is 0 Å². The minimum Gasteiger partial charge on any atom is -0.480 e. The number of halogens is 1. The molecule has 2 N–H and O–H groups in total. The lowest BCUT2D eigenvalue weighted by Crippen LogP contribution is -2.17. The summed E-state index contributed by atoms with van der Waals surface area (Å²) in [5.41, 5.74) is 6.44. The molecule has 0 amide bonds. The van der Waals surface area contributed by atoms with E-state index in [4.69, 9.17) is 15.3 Å². The molecule has 2 rings (SSSR count). The van der Waals surface area contributed by atoms with Crippen LogP contribution in [0.1, 0.15) is 16.2 Å². The summed E-state index contributed by atoms with van der Waals surface area (Å²) >= 11 is 3.29. The second-order valence-corrected chi connectivity index (χ2v) is 4.93. The zero-order valence-corrected chi connectivity index (χ0v) is 13.3. The number of ketones is 1. The van der Waals surface area contributed by atoms with Crippen LogP contribution < -0.4 is 10.5 Å². The number of carbonyl (C=O) groups is 1. The highest BCUT2D eigenvalue weighted by molar-refractivity contribution is 9.10. The predicted octanol–water partition coefficient (Wildman–Crippen LogP) is 1.77. The Labute approximate surface area is 135 Å². The third kappa shape index (κ3) is 4.01. The fourth-order valence-electron chi connectivity index (χ4n) is 1.52. The molecule has 2 heterocycles. The number of oxime groups is 1. The van der Waals surface area contributed by atoms with Crippen LogP contribution in [0, 0.1) is 0 Å². The number of methoxy groups -OCH3 is 1. The number of pyridine rings is 2. The zero-order chi connectivity index (χ0) is 15.9. The van der Waals surface area contributed by atoms with Gasteiger partial charge in [-0.25, -0.2) is 4.98 Å². The summed E-state index contributed by atoms with van der Waals surface area (Å²) in [6, 6.07) is 8.41. The van der Waals surface area contributed by atoms with Crippen molar-refractivity contribution in [3.63, 3.8) is 0 Å². The molecule has 0 saturated carbocycles. The lowest BCUT2D eigenvalue weighted by Gasteiger charge is -2.05. The SMILES string of the molecule is COc1nc(/C(N)=N/OCC(=O)c2ccccn2)ccc1Br. The standard InChI is InChI=1S/C14H13BrN4O3/c1-21-14-9(15)5-6-11(18-14)13(16)19-22-8-12(20)10-4-2-3-7-17-10/h2-7H,8H2,1H3,(H2,16,19). The van der Waals surface area contributed by atoms with Gasteiger partial charge in [0.2, 0.25) is 11.7 Å². The van der Waals surface area contributed by atoms with Crippen LogP contribution in [0.15, 0.2) is 46.2 Å². The number of hydrogen-bond donors (Lipinski definition) is 1. The molecule has 8 heteroatoms. The highest BCUT2D eigenvalue weighted by Gasteiger charge is 2.09. The number of nitrogens with two attached hydrogens (primary N) is 1. The zero-order valence-electron chi connectivity index (χ0n) is 11.7. The van der Waals surface area contributed by atoms with Gasteiger partial charge in [0.15, 0.2) is 12.4 Å². The third-order valence-electron chi connectivity index (χ3n) is 2.58. The topological polar surface area (TPSA) is 99.7 Å². The summed E-state index contributed by atoms with van der Waals surface area (Å²) < 4.78 is 5.76. The molecule has 0 saturated heterocycles. The number of amidine groups is 1. The lowest BCUT2D eigenvalue weighted by molar-refractivity contribution is 0.0770. The molecule has 0 fully saturated rings. The van der Waals surface area contributed by atoms with Gasteiger partial charge in [-0.2, -0.15) is 0 Å².